The van der Waals surface area contributed by atoms with E-state index < -0.39 is 5.54 Å². The molecule has 0 saturated heterocycles. The van der Waals surface area contributed by atoms with Gasteiger partial charge in [0.2, 0.25) is 5.91 Å². The van der Waals surface area contributed by atoms with Gasteiger partial charge in [-0.15, -0.1) is 11.8 Å². The molecular weight excluding hydrogens is 272 g/mol. The first kappa shape index (κ1) is 15.2. The summed E-state index contributed by atoms with van der Waals surface area (Å²) in [4.78, 5) is 12.7. The molecule has 4 N–H and O–H groups in total. The van der Waals surface area contributed by atoms with Gasteiger partial charge in [0.05, 0.1) is 12.6 Å². The summed E-state index contributed by atoms with van der Waals surface area (Å²) < 4.78 is 5.33. The van der Waals surface area contributed by atoms with Crippen LogP contribution >= 0.6 is 11.8 Å². The highest BCUT2D eigenvalue weighted by molar-refractivity contribution is 7.99. The SMILES string of the molecule is COc1ccccc1SCCC1CCCC1(N)C(N)=O. The van der Waals surface area contributed by atoms with Crippen LogP contribution in [-0.4, -0.2) is 24.3 Å². The van der Waals surface area contributed by atoms with Crippen molar-refractivity contribution in [3.05, 3.63) is 24.3 Å². The van der Waals surface area contributed by atoms with Gasteiger partial charge in [0.15, 0.2) is 0 Å². The van der Waals surface area contributed by atoms with E-state index in [2.05, 4.69) is 0 Å². The predicted octanol–water partition coefficient (Wildman–Crippen LogP) is 2.16. The van der Waals surface area contributed by atoms with E-state index in [-0.39, 0.29) is 11.8 Å². The molecule has 5 heteroatoms. The molecule has 0 aliphatic heterocycles. The first-order valence-electron chi connectivity index (χ1n) is 6.92. The number of thioether (sulfide) groups is 1. The van der Waals surface area contributed by atoms with Crippen molar-refractivity contribution in [3.8, 4) is 5.75 Å². The predicted molar refractivity (Wildman–Crippen MR) is 81.8 cm³/mol. The summed E-state index contributed by atoms with van der Waals surface area (Å²) in [7, 11) is 1.67. The minimum absolute atomic E-state index is 0.196. The molecule has 0 heterocycles. The lowest BCUT2D eigenvalue weighted by molar-refractivity contribution is -0.124. The highest BCUT2D eigenvalue weighted by Gasteiger charge is 2.43. The van der Waals surface area contributed by atoms with Crippen LogP contribution < -0.4 is 16.2 Å². The van der Waals surface area contributed by atoms with Crippen LogP contribution in [0.25, 0.3) is 0 Å². The number of carbonyl (C=O) groups is 1. The van der Waals surface area contributed by atoms with Crippen molar-refractivity contribution < 1.29 is 9.53 Å². The fraction of sp³-hybridized carbons (Fsp3) is 0.533. The molecule has 1 fully saturated rings. The number of ether oxygens (including phenoxy) is 1. The normalized spacial score (nSPS) is 25.6. The molecule has 1 aromatic carbocycles. The minimum atomic E-state index is -0.804. The molecule has 1 aromatic rings. The number of para-hydroxylation sites is 1. The molecule has 4 nitrogen and oxygen atoms in total. The average Bonchev–Trinajstić information content (AvgIpc) is 2.82. The number of rotatable bonds is 6. The van der Waals surface area contributed by atoms with Crippen LogP contribution in [0.4, 0.5) is 0 Å². The molecule has 2 unspecified atom stereocenters. The van der Waals surface area contributed by atoms with E-state index >= 15 is 0 Å². The Morgan fingerprint density at radius 1 is 1.50 bits per heavy atom. The van der Waals surface area contributed by atoms with E-state index in [9.17, 15) is 4.79 Å². The molecule has 0 aromatic heterocycles. The highest BCUT2D eigenvalue weighted by atomic mass is 32.2. The number of methoxy groups -OCH3 is 1. The third kappa shape index (κ3) is 3.10. The molecule has 20 heavy (non-hydrogen) atoms. The minimum Gasteiger partial charge on any atom is -0.496 e. The standard InChI is InChI=1S/C15H22N2O2S/c1-19-12-6-2-3-7-13(12)20-10-8-11-5-4-9-15(11,17)14(16)18/h2-3,6-7,11H,4-5,8-10,17H2,1H3,(H2,16,18). The quantitative estimate of drug-likeness (QED) is 0.788. The van der Waals surface area contributed by atoms with Gasteiger partial charge >= 0.3 is 0 Å². The van der Waals surface area contributed by atoms with Crippen molar-refractivity contribution >= 4 is 17.7 Å². The Labute approximate surface area is 124 Å². The van der Waals surface area contributed by atoms with Gasteiger partial charge in [0, 0.05) is 4.90 Å². The Balaban J connectivity index is 1.91. The van der Waals surface area contributed by atoms with Crippen LogP contribution in [0.1, 0.15) is 25.7 Å². The summed E-state index contributed by atoms with van der Waals surface area (Å²) >= 11 is 1.74. The van der Waals surface area contributed by atoms with Crippen molar-refractivity contribution in [2.45, 2.75) is 36.1 Å². The first-order valence-corrected chi connectivity index (χ1v) is 7.91. The Kier molecular flexibility index (Phi) is 4.94. The summed E-state index contributed by atoms with van der Waals surface area (Å²) in [6.45, 7) is 0. The molecule has 0 spiro atoms. The third-order valence-electron chi connectivity index (χ3n) is 4.12. The smallest absolute Gasteiger partial charge is 0.237 e. The Morgan fingerprint density at radius 2 is 2.25 bits per heavy atom. The Bertz CT molecular complexity index is 481. The van der Waals surface area contributed by atoms with Gasteiger partial charge in [-0.25, -0.2) is 0 Å². The van der Waals surface area contributed by atoms with Crippen molar-refractivity contribution in [1.29, 1.82) is 0 Å². The van der Waals surface area contributed by atoms with Crippen molar-refractivity contribution in [1.82, 2.24) is 0 Å². The van der Waals surface area contributed by atoms with Crippen LogP contribution in [0, 0.1) is 5.92 Å². The topological polar surface area (TPSA) is 78.3 Å². The van der Waals surface area contributed by atoms with Crippen LogP contribution in [0.3, 0.4) is 0 Å². The van der Waals surface area contributed by atoms with Crippen LogP contribution in [0.15, 0.2) is 29.2 Å². The number of hydrogen-bond acceptors (Lipinski definition) is 4. The maximum atomic E-state index is 11.5. The molecule has 1 aliphatic rings. The zero-order chi connectivity index (χ0) is 14.6. The van der Waals surface area contributed by atoms with Crippen LogP contribution in [0.2, 0.25) is 0 Å². The highest BCUT2D eigenvalue weighted by Crippen LogP contribution is 2.38. The maximum Gasteiger partial charge on any atom is 0.237 e. The van der Waals surface area contributed by atoms with Gasteiger partial charge in [-0.2, -0.15) is 0 Å². The Morgan fingerprint density at radius 3 is 2.95 bits per heavy atom. The average molecular weight is 294 g/mol. The van der Waals surface area contributed by atoms with E-state index in [0.29, 0.717) is 6.42 Å². The van der Waals surface area contributed by atoms with Gasteiger partial charge in [0.1, 0.15) is 5.75 Å². The molecule has 0 bridgehead atoms. The number of benzene rings is 1. The molecular formula is C15H22N2O2S. The third-order valence-corrected chi connectivity index (χ3v) is 5.21. The zero-order valence-electron chi connectivity index (χ0n) is 11.8. The molecule has 0 radical (unpaired) electrons. The van der Waals surface area contributed by atoms with E-state index in [1.165, 1.54) is 0 Å². The lowest BCUT2D eigenvalue weighted by Gasteiger charge is -2.27. The number of primary amides is 1. The molecule has 110 valence electrons. The monoisotopic (exact) mass is 294 g/mol. The molecule has 1 aliphatic carbocycles. The van der Waals surface area contributed by atoms with Crippen LogP contribution in [0.5, 0.6) is 5.75 Å². The van der Waals surface area contributed by atoms with Crippen LogP contribution in [-0.2, 0) is 4.79 Å². The Hall–Kier alpha value is -1.20. The molecule has 1 amide bonds. The first-order chi connectivity index (χ1) is 9.58. The summed E-state index contributed by atoms with van der Waals surface area (Å²) in [5, 5.41) is 0. The number of hydrogen-bond donors (Lipinski definition) is 2. The fourth-order valence-electron chi connectivity index (χ4n) is 2.88. The maximum absolute atomic E-state index is 11.5. The van der Waals surface area contributed by atoms with Crippen molar-refractivity contribution in [3.63, 3.8) is 0 Å². The summed E-state index contributed by atoms with van der Waals surface area (Å²) in [6, 6.07) is 7.95. The van der Waals surface area contributed by atoms with Crippen molar-refractivity contribution in [2.24, 2.45) is 17.4 Å². The lowest BCUT2D eigenvalue weighted by Crippen LogP contribution is -2.54. The second-order valence-corrected chi connectivity index (χ2v) is 6.42. The van der Waals surface area contributed by atoms with Gasteiger partial charge < -0.3 is 16.2 Å². The largest absolute Gasteiger partial charge is 0.496 e. The second-order valence-electron chi connectivity index (χ2n) is 5.28. The molecule has 1 saturated carbocycles. The second kappa shape index (κ2) is 6.50. The van der Waals surface area contributed by atoms with Crippen molar-refractivity contribution in [2.75, 3.05) is 12.9 Å². The number of amides is 1. The zero-order valence-corrected chi connectivity index (χ0v) is 12.6. The molecule has 2 rings (SSSR count). The molecule has 2 atom stereocenters. The van der Waals surface area contributed by atoms with E-state index in [4.69, 9.17) is 16.2 Å². The van der Waals surface area contributed by atoms with Gasteiger partial charge in [-0.3, -0.25) is 4.79 Å². The van der Waals surface area contributed by atoms with E-state index in [1.807, 2.05) is 24.3 Å². The summed E-state index contributed by atoms with van der Waals surface area (Å²) in [6.07, 6.45) is 3.60. The number of carbonyl (C=O) groups excluding carboxylic acids is 1. The van der Waals surface area contributed by atoms with E-state index in [0.717, 1.165) is 35.7 Å². The fourth-order valence-corrected chi connectivity index (χ4v) is 3.97. The van der Waals surface area contributed by atoms with E-state index in [1.54, 1.807) is 18.9 Å². The van der Waals surface area contributed by atoms with Gasteiger partial charge in [-0.05, 0) is 43.1 Å². The van der Waals surface area contributed by atoms with Gasteiger partial charge in [-0.1, -0.05) is 18.6 Å². The van der Waals surface area contributed by atoms with Gasteiger partial charge in [0.25, 0.3) is 0 Å². The summed E-state index contributed by atoms with van der Waals surface area (Å²) in [5.41, 5.74) is 10.8. The number of nitrogens with two attached hydrogens (primary N) is 2. The lowest BCUT2D eigenvalue weighted by atomic mass is 9.85. The summed E-state index contributed by atoms with van der Waals surface area (Å²) in [5.74, 6) is 1.64.